The summed E-state index contributed by atoms with van der Waals surface area (Å²) < 4.78 is 27.6. The number of rotatable bonds is 7. The summed E-state index contributed by atoms with van der Waals surface area (Å²) in [5.74, 6) is -1.11. The van der Waals surface area contributed by atoms with E-state index >= 15 is 0 Å². The molecule has 11 nitrogen and oxygen atoms in total. The Hall–Kier alpha value is -2.96. The van der Waals surface area contributed by atoms with Crippen LogP contribution in [0.4, 0.5) is 10.1 Å². The third kappa shape index (κ3) is 5.93. The first kappa shape index (κ1) is 30.5. The van der Waals surface area contributed by atoms with Crippen molar-refractivity contribution in [3.05, 3.63) is 63.5 Å². The van der Waals surface area contributed by atoms with Crippen LogP contribution in [-0.4, -0.2) is 86.5 Å². The van der Waals surface area contributed by atoms with Crippen molar-refractivity contribution in [1.82, 2.24) is 15.0 Å². The van der Waals surface area contributed by atoms with E-state index in [1.54, 1.807) is 6.07 Å². The van der Waals surface area contributed by atoms with Gasteiger partial charge in [-0.3, -0.25) is 4.79 Å². The van der Waals surface area contributed by atoms with Gasteiger partial charge >= 0.3 is 0 Å². The molecule has 1 aromatic heterocycles. The van der Waals surface area contributed by atoms with Crippen molar-refractivity contribution in [3.8, 4) is 17.3 Å². The van der Waals surface area contributed by atoms with E-state index in [0.717, 1.165) is 0 Å². The fourth-order valence-electron chi connectivity index (χ4n) is 5.73. The Balaban J connectivity index is 1.55. The lowest BCUT2D eigenvalue weighted by Crippen LogP contribution is -2.62. The molecule has 2 aliphatic rings. The van der Waals surface area contributed by atoms with Crippen molar-refractivity contribution in [1.29, 1.82) is 5.26 Å². The SMILES string of the molecule is CO[C@@H]1[C@@H](n2cc(-c3cc(F)cc(Br)c3)nn2)[C@@H](O)[C@@H](CO)O[C@H]1C(=O)N(c1cc(Cl)cc(C#N)c1)[C@H]1CCC[C@@H]1O. The second-order valence-corrected chi connectivity index (χ2v) is 11.6. The zero-order valence-corrected chi connectivity index (χ0v) is 24.7. The Morgan fingerprint density at radius 3 is 2.71 bits per heavy atom. The van der Waals surface area contributed by atoms with Crippen molar-refractivity contribution in [2.75, 3.05) is 18.6 Å². The number of halogens is 3. The number of aliphatic hydroxyl groups excluding tert-OH is 3. The lowest BCUT2D eigenvalue weighted by molar-refractivity contribution is -0.211. The first-order valence-electron chi connectivity index (χ1n) is 13.2. The van der Waals surface area contributed by atoms with Crippen molar-refractivity contribution < 1.29 is 34.0 Å². The quantitative estimate of drug-likeness (QED) is 0.346. The fourth-order valence-corrected chi connectivity index (χ4v) is 6.43. The van der Waals surface area contributed by atoms with Crippen LogP contribution >= 0.6 is 27.5 Å². The summed E-state index contributed by atoms with van der Waals surface area (Å²) in [6.45, 7) is -0.627. The van der Waals surface area contributed by atoms with Crippen molar-refractivity contribution >= 4 is 39.1 Å². The number of carbonyl (C=O) groups excluding carboxylic acids is 1. The zero-order chi connectivity index (χ0) is 30.1. The first-order valence-corrected chi connectivity index (χ1v) is 14.4. The number of aromatic nitrogens is 3. The van der Waals surface area contributed by atoms with Gasteiger partial charge in [0.25, 0.3) is 5.91 Å². The summed E-state index contributed by atoms with van der Waals surface area (Å²) in [6, 6.07) is 9.02. The molecule has 1 saturated carbocycles. The average Bonchev–Trinajstić information content (AvgIpc) is 3.61. The first-order chi connectivity index (χ1) is 20.1. The van der Waals surface area contributed by atoms with E-state index in [1.807, 2.05) is 6.07 Å². The minimum Gasteiger partial charge on any atom is -0.394 e. The van der Waals surface area contributed by atoms with E-state index in [4.69, 9.17) is 21.1 Å². The number of benzene rings is 2. The number of hydrogen-bond acceptors (Lipinski definition) is 9. The van der Waals surface area contributed by atoms with Crippen LogP contribution in [0.2, 0.25) is 5.02 Å². The molecule has 222 valence electrons. The van der Waals surface area contributed by atoms with Crippen LogP contribution in [0.15, 0.2) is 47.1 Å². The van der Waals surface area contributed by atoms with Crippen molar-refractivity contribution in [3.63, 3.8) is 0 Å². The van der Waals surface area contributed by atoms with Gasteiger partial charge in [0.1, 0.15) is 35.9 Å². The smallest absolute Gasteiger partial charge is 0.259 e. The highest BCUT2D eigenvalue weighted by Crippen LogP contribution is 2.37. The number of hydrogen-bond donors (Lipinski definition) is 3. The molecule has 0 unspecified atom stereocenters. The number of ether oxygens (including phenoxy) is 2. The Morgan fingerprint density at radius 1 is 1.29 bits per heavy atom. The number of nitriles is 1. The number of nitrogens with zero attached hydrogens (tertiary/aromatic N) is 5. The molecular formula is C28H28BrClFN5O6. The molecule has 2 heterocycles. The van der Waals surface area contributed by atoms with Crippen LogP contribution in [0, 0.1) is 17.1 Å². The van der Waals surface area contributed by atoms with Gasteiger partial charge < -0.3 is 29.7 Å². The summed E-state index contributed by atoms with van der Waals surface area (Å²) in [5, 5.41) is 50.2. The third-order valence-corrected chi connectivity index (χ3v) is 8.34. The monoisotopic (exact) mass is 663 g/mol. The van der Waals surface area contributed by atoms with Gasteiger partial charge in [0.15, 0.2) is 6.10 Å². The molecule has 0 radical (unpaired) electrons. The molecule has 5 rings (SSSR count). The maximum Gasteiger partial charge on any atom is 0.259 e. The summed E-state index contributed by atoms with van der Waals surface area (Å²) in [6.07, 6.45) is -2.85. The van der Waals surface area contributed by atoms with E-state index in [-0.39, 0.29) is 16.3 Å². The minimum atomic E-state index is -1.38. The van der Waals surface area contributed by atoms with Gasteiger partial charge in [-0.15, -0.1) is 5.10 Å². The molecule has 2 fully saturated rings. The predicted octanol–water partition coefficient (Wildman–Crippen LogP) is 3.00. The Kier molecular flexibility index (Phi) is 9.24. The molecule has 1 saturated heterocycles. The summed E-state index contributed by atoms with van der Waals surface area (Å²) in [5.41, 5.74) is 1.23. The molecule has 14 heteroatoms. The molecule has 42 heavy (non-hydrogen) atoms. The fraction of sp³-hybridized carbons (Fsp3) is 0.429. The number of aliphatic hydroxyl groups is 3. The van der Waals surface area contributed by atoms with Gasteiger partial charge in [-0.2, -0.15) is 5.26 Å². The number of methoxy groups -OCH3 is 1. The molecule has 3 N–H and O–H groups in total. The number of carbonyl (C=O) groups is 1. The standard InChI is InChI=1S/C28H28BrClFN5O6/c1-41-26-24(35-12-20(33-34-35)15-7-16(29)9-18(31)8-15)25(39)23(13-37)42-27(26)28(40)36(21-3-2-4-22(21)38)19-6-14(11-32)5-17(30)10-19/h5-10,12,21-27,37-39H,2-4,13H2,1H3/t21-,22-,23+,24-,25-,26+,27+/m0/s1. The summed E-state index contributed by atoms with van der Waals surface area (Å²) >= 11 is 9.54. The van der Waals surface area contributed by atoms with Crippen LogP contribution in [0.3, 0.4) is 0 Å². The lowest BCUT2D eigenvalue weighted by Gasteiger charge is -2.45. The van der Waals surface area contributed by atoms with Gasteiger partial charge in [0.05, 0.1) is 36.6 Å². The Labute approximate surface area is 254 Å². The lowest BCUT2D eigenvalue weighted by atomic mass is 9.91. The zero-order valence-electron chi connectivity index (χ0n) is 22.3. The average molecular weight is 665 g/mol. The normalized spacial score (nSPS) is 27.5. The van der Waals surface area contributed by atoms with Crippen LogP contribution in [0.5, 0.6) is 0 Å². The molecular weight excluding hydrogens is 637 g/mol. The topological polar surface area (TPSA) is 154 Å². The van der Waals surface area contributed by atoms with E-state index in [1.165, 1.54) is 53.2 Å². The van der Waals surface area contributed by atoms with Gasteiger partial charge in [-0.1, -0.05) is 32.7 Å². The number of anilines is 1. The van der Waals surface area contributed by atoms with E-state index in [0.29, 0.717) is 35.0 Å². The molecule has 0 spiro atoms. The van der Waals surface area contributed by atoms with Gasteiger partial charge in [0, 0.05) is 27.9 Å². The Bertz CT molecular complexity index is 1480. The minimum absolute atomic E-state index is 0.219. The van der Waals surface area contributed by atoms with Crippen LogP contribution in [0.1, 0.15) is 30.9 Å². The van der Waals surface area contributed by atoms with E-state index in [2.05, 4.69) is 26.2 Å². The highest BCUT2D eigenvalue weighted by Gasteiger charge is 2.52. The van der Waals surface area contributed by atoms with Gasteiger partial charge in [0.2, 0.25) is 0 Å². The highest BCUT2D eigenvalue weighted by atomic mass is 79.9. The highest BCUT2D eigenvalue weighted by molar-refractivity contribution is 9.10. The van der Waals surface area contributed by atoms with Crippen LogP contribution < -0.4 is 4.90 Å². The van der Waals surface area contributed by atoms with E-state index in [9.17, 15) is 29.8 Å². The molecule has 1 aliphatic carbocycles. The second kappa shape index (κ2) is 12.7. The van der Waals surface area contributed by atoms with Crippen LogP contribution in [-0.2, 0) is 14.3 Å². The van der Waals surface area contributed by atoms with Gasteiger partial charge in [-0.05, 0) is 55.7 Å². The maximum atomic E-state index is 14.4. The van der Waals surface area contributed by atoms with Crippen molar-refractivity contribution in [2.24, 2.45) is 0 Å². The Morgan fingerprint density at radius 2 is 2.07 bits per heavy atom. The van der Waals surface area contributed by atoms with Crippen LogP contribution in [0.25, 0.3) is 11.3 Å². The van der Waals surface area contributed by atoms with Crippen molar-refractivity contribution in [2.45, 2.75) is 61.9 Å². The molecule has 1 aliphatic heterocycles. The molecule has 0 bridgehead atoms. The predicted molar refractivity (Wildman–Crippen MR) is 152 cm³/mol. The maximum absolute atomic E-state index is 14.4. The molecule has 7 atom stereocenters. The molecule has 3 aromatic rings. The largest absolute Gasteiger partial charge is 0.394 e. The van der Waals surface area contributed by atoms with Gasteiger partial charge in [-0.25, -0.2) is 9.07 Å². The summed E-state index contributed by atoms with van der Waals surface area (Å²) in [7, 11) is 1.34. The third-order valence-electron chi connectivity index (χ3n) is 7.66. The molecule has 2 aromatic carbocycles. The second-order valence-electron chi connectivity index (χ2n) is 10.3. The molecule has 1 amide bonds. The number of amides is 1. The van der Waals surface area contributed by atoms with E-state index < -0.39 is 60.9 Å². The summed E-state index contributed by atoms with van der Waals surface area (Å²) in [4.78, 5) is 15.7.